The lowest BCUT2D eigenvalue weighted by atomic mass is 10.1. The second-order valence-electron chi connectivity index (χ2n) is 5.83. The minimum absolute atomic E-state index is 0.0307. The first-order valence-electron chi connectivity index (χ1n) is 7.86. The number of carbonyl (C=O) groups excluding carboxylic acids is 1. The van der Waals surface area contributed by atoms with Gasteiger partial charge in [0.2, 0.25) is 0 Å². The van der Waals surface area contributed by atoms with Crippen LogP contribution in [0.3, 0.4) is 0 Å². The Morgan fingerprint density at radius 1 is 1.04 bits per heavy atom. The molecule has 140 valence electrons. The number of halogens is 4. The van der Waals surface area contributed by atoms with Gasteiger partial charge in [-0.15, -0.1) is 0 Å². The molecule has 0 atom stereocenters. The fourth-order valence-electron chi connectivity index (χ4n) is 2.62. The number of hydrogen-bond acceptors (Lipinski definition) is 2. The highest BCUT2D eigenvalue weighted by molar-refractivity contribution is 6.02. The van der Waals surface area contributed by atoms with E-state index in [2.05, 4.69) is 10.6 Å². The third-order valence-corrected chi connectivity index (χ3v) is 3.90. The van der Waals surface area contributed by atoms with Crippen LogP contribution >= 0.6 is 0 Å². The number of phenols is 1. The SMILES string of the molecule is O=C(NCc1ccc(F)c(C(F)(F)F)c1)Nc1cccc2ccc(O)cc12. The van der Waals surface area contributed by atoms with Crippen LogP contribution in [0.2, 0.25) is 0 Å². The number of fused-ring (bicyclic) bond motifs is 1. The van der Waals surface area contributed by atoms with Gasteiger partial charge in [-0.3, -0.25) is 0 Å². The van der Waals surface area contributed by atoms with Crippen LogP contribution in [-0.2, 0) is 12.7 Å². The van der Waals surface area contributed by atoms with E-state index in [0.29, 0.717) is 23.2 Å². The summed E-state index contributed by atoms with van der Waals surface area (Å²) >= 11 is 0. The minimum Gasteiger partial charge on any atom is -0.508 e. The zero-order chi connectivity index (χ0) is 19.6. The number of rotatable bonds is 3. The molecule has 0 aliphatic heterocycles. The Kier molecular flexibility index (Phi) is 4.89. The first-order valence-corrected chi connectivity index (χ1v) is 7.86. The highest BCUT2D eigenvalue weighted by Gasteiger charge is 2.34. The monoisotopic (exact) mass is 378 g/mol. The maximum Gasteiger partial charge on any atom is 0.419 e. The van der Waals surface area contributed by atoms with Crippen LogP contribution in [0.5, 0.6) is 5.75 Å². The van der Waals surface area contributed by atoms with Gasteiger partial charge in [0.05, 0.1) is 11.3 Å². The number of amides is 2. The summed E-state index contributed by atoms with van der Waals surface area (Å²) in [5.74, 6) is -1.34. The van der Waals surface area contributed by atoms with Gasteiger partial charge in [0.1, 0.15) is 11.6 Å². The summed E-state index contributed by atoms with van der Waals surface area (Å²) in [6.07, 6.45) is -4.81. The highest BCUT2D eigenvalue weighted by Crippen LogP contribution is 2.32. The molecule has 0 heterocycles. The first-order chi connectivity index (χ1) is 12.7. The fraction of sp³-hybridized carbons (Fsp3) is 0.105. The number of alkyl halides is 3. The summed E-state index contributed by atoms with van der Waals surface area (Å²) in [5.41, 5.74) is -0.850. The Morgan fingerprint density at radius 3 is 2.56 bits per heavy atom. The predicted molar refractivity (Wildman–Crippen MR) is 92.9 cm³/mol. The fourth-order valence-corrected chi connectivity index (χ4v) is 2.62. The Balaban J connectivity index is 1.72. The zero-order valence-corrected chi connectivity index (χ0v) is 13.8. The molecule has 3 aromatic carbocycles. The van der Waals surface area contributed by atoms with Crippen molar-refractivity contribution in [2.45, 2.75) is 12.7 Å². The van der Waals surface area contributed by atoms with E-state index in [4.69, 9.17) is 0 Å². The van der Waals surface area contributed by atoms with Crippen molar-refractivity contribution in [2.24, 2.45) is 0 Å². The number of hydrogen-bond donors (Lipinski definition) is 3. The van der Waals surface area contributed by atoms with Crippen LogP contribution in [-0.4, -0.2) is 11.1 Å². The number of phenolic OH excluding ortho intramolecular Hbond substituents is 1. The van der Waals surface area contributed by atoms with E-state index >= 15 is 0 Å². The van der Waals surface area contributed by atoms with Gasteiger partial charge in [-0.25, -0.2) is 9.18 Å². The molecule has 3 aromatic rings. The smallest absolute Gasteiger partial charge is 0.419 e. The van der Waals surface area contributed by atoms with Crippen LogP contribution in [0.1, 0.15) is 11.1 Å². The molecule has 0 fully saturated rings. The zero-order valence-electron chi connectivity index (χ0n) is 13.8. The van der Waals surface area contributed by atoms with Gasteiger partial charge in [-0.1, -0.05) is 24.3 Å². The standard InChI is InChI=1S/C19H14F4N2O2/c20-16-7-4-11(8-15(16)19(21,22)23)10-24-18(27)25-17-3-1-2-12-5-6-13(26)9-14(12)17/h1-9,26H,10H2,(H2,24,25,27). The van der Waals surface area contributed by atoms with Gasteiger partial charge in [0, 0.05) is 11.9 Å². The first kappa shape index (κ1) is 18.5. The molecule has 27 heavy (non-hydrogen) atoms. The average molecular weight is 378 g/mol. The Morgan fingerprint density at radius 2 is 1.81 bits per heavy atom. The lowest BCUT2D eigenvalue weighted by molar-refractivity contribution is -0.140. The molecule has 0 aliphatic rings. The van der Waals surface area contributed by atoms with Crippen LogP contribution in [0, 0.1) is 5.82 Å². The van der Waals surface area contributed by atoms with E-state index in [1.807, 2.05) is 0 Å². The summed E-state index contributed by atoms with van der Waals surface area (Å²) in [7, 11) is 0. The van der Waals surface area contributed by atoms with Gasteiger partial charge < -0.3 is 15.7 Å². The van der Waals surface area contributed by atoms with Crippen molar-refractivity contribution in [2.75, 3.05) is 5.32 Å². The molecule has 2 amide bonds. The van der Waals surface area contributed by atoms with Gasteiger partial charge in [-0.05, 0) is 41.3 Å². The van der Waals surface area contributed by atoms with Crippen molar-refractivity contribution in [1.82, 2.24) is 5.32 Å². The Labute approximate surface area is 151 Å². The number of nitrogens with one attached hydrogen (secondary N) is 2. The lowest BCUT2D eigenvalue weighted by Crippen LogP contribution is -2.28. The molecule has 4 nitrogen and oxygen atoms in total. The summed E-state index contributed by atoms with van der Waals surface area (Å²) in [6.45, 7) is -0.217. The van der Waals surface area contributed by atoms with Gasteiger partial charge in [0.15, 0.2) is 0 Å². The van der Waals surface area contributed by atoms with Crippen molar-refractivity contribution in [1.29, 1.82) is 0 Å². The molecular weight excluding hydrogens is 364 g/mol. The van der Waals surface area contributed by atoms with Gasteiger partial charge in [-0.2, -0.15) is 13.2 Å². The number of carbonyl (C=O) groups is 1. The topological polar surface area (TPSA) is 61.4 Å². The molecule has 3 N–H and O–H groups in total. The van der Waals surface area contributed by atoms with E-state index in [0.717, 1.165) is 5.39 Å². The van der Waals surface area contributed by atoms with E-state index in [1.165, 1.54) is 18.2 Å². The van der Waals surface area contributed by atoms with Crippen molar-refractivity contribution in [3.63, 3.8) is 0 Å². The molecule has 0 aromatic heterocycles. The van der Waals surface area contributed by atoms with E-state index in [-0.39, 0.29) is 17.9 Å². The Bertz CT molecular complexity index is 1000. The van der Waals surface area contributed by atoms with Gasteiger partial charge >= 0.3 is 12.2 Å². The van der Waals surface area contributed by atoms with Crippen molar-refractivity contribution in [3.05, 3.63) is 71.5 Å². The van der Waals surface area contributed by atoms with Crippen LogP contribution in [0.25, 0.3) is 10.8 Å². The predicted octanol–water partition coefficient (Wildman–Crippen LogP) is 5.03. The van der Waals surface area contributed by atoms with Crippen LogP contribution < -0.4 is 10.6 Å². The third-order valence-electron chi connectivity index (χ3n) is 3.90. The molecule has 3 rings (SSSR count). The molecule has 0 spiro atoms. The second-order valence-corrected chi connectivity index (χ2v) is 5.83. The highest BCUT2D eigenvalue weighted by atomic mass is 19.4. The summed E-state index contributed by atoms with van der Waals surface area (Å²) in [5, 5.41) is 16.0. The third kappa shape index (κ3) is 4.28. The normalized spacial score (nSPS) is 11.4. The number of aromatic hydroxyl groups is 1. The summed E-state index contributed by atoms with van der Waals surface area (Å²) in [6, 6.07) is 11.7. The molecule has 0 bridgehead atoms. The van der Waals surface area contributed by atoms with Crippen LogP contribution in [0.4, 0.5) is 28.0 Å². The summed E-state index contributed by atoms with van der Waals surface area (Å²) < 4.78 is 51.5. The maximum absolute atomic E-state index is 13.3. The molecule has 0 unspecified atom stereocenters. The van der Waals surface area contributed by atoms with Crippen molar-refractivity contribution in [3.8, 4) is 5.75 Å². The van der Waals surface area contributed by atoms with Crippen molar-refractivity contribution < 1.29 is 27.5 Å². The minimum atomic E-state index is -4.81. The molecule has 8 heteroatoms. The average Bonchev–Trinajstić information content (AvgIpc) is 2.60. The van der Waals surface area contributed by atoms with E-state index in [9.17, 15) is 27.5 Å². The van der Waals surface area contributed by atoms with Crippen molar-refractivity contribution >= 4 is 22.5 Å². The summed E-state index contributed by atoms with van der Waals surface area (Å²) in [4.78, 5) is 12.1. The molecule has 0 saturated heterocycles. The Hall–Kier alpha value is -3.29. The van der Waals surface area contributed by atoms with Gasteiger partial charge in [0.25, 0.3) is 0 Å². The second kappa shape index (κ2) is 7.14. The number of anilines is 1. The van der Waals surface area contributed by atoms with E-state index in [1.54, 1.807) is 24.3 Å². The molecule has 0 radical (unpaired) electrons. The molecule has 0 aliphatic carbocycles. The lowest BCUT2D eigenvalue weighted by Gasteiger charge is -2.12. The van der Waals surface area contributed by atoms with Crippen LogP contribution in [0.15, 0.2) is 54.6 Å². The quantitative estimate of drug-likeness (QED) is 0.560. The molecular formula is C19H14F4N2O2. The van der Waals surface area contributed by atoms with E-state index < -0.39 is 23.6 Å². The molecule has 0 saturated carbocycles. The maximum atomic E-state index is 13.3. The number of benzene rings is 3. The number of urea groups is 1. The largest absolute Gasteiger partial charge is 0.508 e.